The highest BCUT2D eigenvalue weighted by molar-refractivity contribution is 6.03. The summed E-state index contributed by atoms with van der Waals surface area (Å²) < 4.78 is 1.61. The van der Waals surface area contributed by atoms with Gasteiger partial charge in [-0.25, -0.2) is 14.5 Å². The number of carbonyl (C=O) groups is 1. The monoisotopic (exact) mass is 366 g/mol. The molecular weight excluding hydrogens is 344 g/mol. The van der Waals surface area contributed by atoms with E-state index in [-0.39, 0.29) is 5.91 Å². The van der Waals surface area contributed by atoms with Crippen LogP contribution in [0.15, 0.2) is 30.7 Å². The molecule has 0 bridgehead atoms. The molecule has 1 N–H and O–H groups in total. The van der Waals surface area contributed by atoms with Gasteiger partial charge in [-0.1, -0.05) is 0 Å². The van der Waals surface area contributed by atoms with Crippen LogP contribution in [0.5, 0.6) is 0 Å². The minimum absolute atomic E-state index is 0.308. The topological polar surface area (TPSA) is 91.5 Å². The summed E-state index contributed by atoms with van der Waals surface area (Å²) in [5, 5.41) is 7.45. The van der Waals surface area contributed by atoms with Crippen LogP contribution in [0.25, 0.3) is 5.65 Å². The predicted molar refractivity (Wildman–Crippen MR) is 102 cm³/mol. The Morgan fingerprint density at radius 1 is 1.30 bits per heavy atom. The summed E-state index contributed by atoms with van der Waals surface area (Å²) in [7, 11) is 4.19. The lowest BCUT2D eigenvalue weighted by atomic mass is 10.2. The van der Waals surface area contributed by atoms with Crippen LogP contribution in [0.1, 0.15) is 22.6 Å². The maximum atomic E-state index is 12.8. The predicted octanol–water partition coefficient (Wildman–Crippen LogP) is 1.22. The Balaban J connectivity index is 1.65. The number of imidazole rings is 1. The number of rotatable bonds is 4. The molecule has 27 heavy (non-hydrogen) atoms. The lowest BCUT2D eigenvalue weighted by Gasteiger charge is -2.21. The molecule has 1 fully saturated rings. The van der Waals surface area contributed by atoms with E-state index in [1.807, 2.05) is 12.1 Å². The van der Waals surface area contributed by atoms with Crippen LogP contribution < -0.4 is 10.2 Å². The van der Waals surface area contributed by atoms with E-state index in [2.05, 4.69) is 44.2 Å². The zero-order valence-electron chi connectivity index (χ0n) is 15.6. The number of aromatic nitrogens is 5. The van der Waals surface area contributed by atoms with E-state index in [0.29, 0.717) is 28.9 Å². The Bertz CT molecular complexity index is 968. The summed E-state index contributed by atoms with van der Waals surface area (Å²) in [5.41, 5.74) is 1.67. The first-order valence-electron chi connectivity index (χ1n) is 8.88. The molecule has 0 radical (unpaired) electrons. The molecule has 0 saturated carbocycles. The highest BCUT2D eigenvalue weighted by Gasteiger charge is 2.26. The molecule has 3 aromatic rings. The van der Waals surface area contributed by atoms with Gasteiger partial charge in [-0.15, -0.1) is 5.10 Å². The van der Waals surface area contributed by atoms with Crippen LogP contribution in [0, 0.1) is 6.92 Å². The minimum atomic E-state index is -0.308. The smallest absolute Gasteiger partial charge is 0.277 e. The van der Waals surface area contributed by atoms with Crippen molar-refractivity contribution in [2.75, 3.05) is 37.4 Å². The molecule has 1 aliphatic heterocycles. The molecule has 0 aromatic carbocycles. The van der Waals surface area contributed by atoms with Crippen molar-refractivity contribution in [3.63, 3.8) is 0 Å². The lowest BCUT2D eigenvalue weighted by molar-refractivity contribution is 0.101. The molecule has 3 aromatic heterocycles. The number of aryl methyl sites for hydroxylation is 1. The minimum Gasteiger partial charge on any atom is -0.354 e. The molecule has 1 unspecified atom stereocenters. The standard InChI is InChI=1S/C18H22N8O/c1-12-17(18(27)22-14-10-19-7-8-20-14)26-15(21-12)4-5-16(23-26)25-9-6-13(11-25)24(2)3/h4-5,7-8,10,13H,6,9,11H2,1-3H3,(H,20,22,27). The van der Waals surface area contributed by atoms with Crippen LogP contribution in [0.4, 0.5) is 11.6 Å². The van der Waals surface area contributed by atoms with Gasteiger partial charge in [0, 0.05) is 31.5 Å². The quantitative estimate of drug-likeness (QED) is 0.742. The molecule has 0 aliphatic carbocycles. The molecule has 1 atom stereocenters. The molecule has 1 amide bonds. The average Bonchev–Trinajstić information content (AvgIpc) is 3.26. The number of likely N-dealkylation sites (N-methyl/N-ethyl adjacent to an activating group) is 1. The first-order chi connectivity index (χ1) is 13.0. The summed E-state index contributed by atoms with van der Waals surface area (Å²) in [5.74, 6) is 0.928. The van der Waals surface area contributed by atoms with Gasteiger partial charge >= 0.3 is 0 Å². The maximum absolute atomic E-state index is 12.8. The fraction of sp³-hybridized carbons (Fsp3) is 0.389. The summed E-state index contributed by atoms with van der Waals surface area (Å²) in [6.07, 6.45) is 5.68. The zero-order chi connectivity index (χ0) is 19.0. The van der Waals surface area contributed by atoms with Gasteiger partial charge in [0.15, 0.2) is 17.2 Å². The van der Waals surface area contributed by atoms with Crippen molar-refractivity contribution in [2.24, 2.45) is 0 Å². The van der Waals surface area contributed by atoms with Crippen LogP contribution in [0.2, 0.25) is 0 Å². The van der Waals surface area contributed by atoms with Crippen molar-refractivity contribution in [1.82, 2.24) is 29.5 Å². The van der Waals surface area contributed by atoms with Gasteiger partial charge in [-0.05, 0) is 39.6 Å². The van der Waals surface area contributed by atoms with Gasteiger partial charge in [0.2, 0.25) is 0 Å². The molecule has 1 saturated heterocycles. The van der Waals surface area contributed by atoms with Crippen LogP contribution in [0.3, 0.4) is 0 Å². The number of nitrogens with zero attached hydrogens (tertiary/aromatic N) is 7. The number of hydrogen-bond donors (Lipinski definition) is 1. The SMILES string of the molecule is Cc1nc2ccc(N3CCC(N(C)C)C3)nn2c1C(=O)Nc1cnccn1. The summed E-state index contributed by atoms with van der Waals surface area (Å²) in [6.45, 7) is 3.66. The van der Waals surface area contributed by atoms with Crippen LogP contribution in [-0.2, 0) is 0 Å². The van der Waals surface area contributed by atoms with Gasteiger partial charge < -0.3 is 15.1 Å². The number of hydrogen-bond acceptors (Lipinski definition) is 7. The number of fused-ring (bicyclic) bond motifs is 1. The molecule has 1 aliphatic rings. The van der Waals surface area contributed by atoms with Crippen molar-refractivity contribution in [1.29, 1.82) is 0 Å². The molecular formula is C18H22N8O. The second-order valence-electron chi connectivity index (χ2n) is 6.90. The first-order valence-corrected chi connectivity index (χ1v) is 8.88. The number of amides is 1. The Kier molecular flexibility index (Phi) is 4.44. The second-order valence-corrected chi connectivity index (χ2v) is 6.90. The summed E-state index contributed by atoms with van der Waals surface area (Å²) in [6, 6.07) is 4.37. The fourth-order valence-corrected chi connectivity index (χ4v) is 3.37. The Hall–Kier alpha value is -3.07. The Labute approximate surface area is 157 Å². The molecule has 4 heterocycles. The fourth-order valence-electron chi connectivity index (χ4n) is 3.37. The summed E-state index contributed by atoms with van der Waals surface area (Å²) in [4.78, 5) is 29.8. The molecule has 9 heteroatoms. The maximum Gasteiger partial charge on any atom is 0.277 e. The number of nitrogens with one attached hydrogen (secondary N) is 1. The van der Waals surface area contributed by atoms with Crippen molar-refractivity contribution >= 4 is 23.2 Å². The van der Waals surface area contributed by atoms with E-state index in [1.54, 1.807) is 17.6 Å². The lowest BCUT2D eigenvalue weighted by Crippen LogP contribution is -2.32. The Morgan fingerprint density at radius 3 is 2.85 bits per heavy atom. The molecule has 0 spiro atoms. The van der Waals surface area contributed by atoms with E-state index in [0.717, 1.165) is 25.3 Å². The van der Waals surface area contributed by atoms with Crippen molar-refractivity contribution in [3.05, 3.63) is 42.1 Å². The second kappa shape index (κ2) is 6.92. The van der Waals surface area contributed by atoms with Gasteiger partial charge in [-0.3, -0.25) is 9.78 Å². The van der Waals surface area contributed by atoms with Gasteiger partial charge in [0.05, 0.1) is 11.9 Å². The van der Waals surface area contributed by atoms with Gasteiger partial charge in [0.25, 0.3) is 5.91 Å². The van der Waals surface area contributed by atoms with E-state index < -0.39 is 0 Å². The third-order valence-electron chi connectivity index (χ3n) is 4.88. The highest BCUT2D eigenvalue weighted by Crippen LogP contribution is 2.22. The van der Waals surface area contributed by atoms with Crippen molar-refractivity contribution in [2.45, 2.75) is 19.4 Å². The largest absolute Gasteiger partial charge is 0.354 e. The first kappa shape index (κ1) is 17.3. The van der Waals surface area contributed by atoms with E-state index >= 15 is 0 Å². The summed E-state index contributed by atoms with van der Waals surface area (Å²) >= 11 is 0. The van der Waals surface area contributed by atoms with Gasteiger partial charge in [-0.2, -0.15) is 0 Å². The third-order valence-corrected chi connectivity index (χ3v) is 4.88. The number of anilines is 2. The third kappa shape index (κ3) is 3.33. The highest BCUT2D eigenvalue weighted by atomic mass is 16.2. The van der Waals surface area contributed by atoms with Crippen molar-refractivity contribution in [3.8, 4) is 0 Å². The number of carbonyl (C=O) groups excluding carboxylic acids is 1. The van der Waals surface area contributed by atoms with Crippen LogP contribution >= 0.6 is 0 Å². The van der Waals surface area contributed by atoms with Crippen molar-refractivity contribution < 1.29 is 4.79 Å². The molecule has 140 valence electrons. The van der Waals surface area contributed by atoms with Crippen LogP contribution in [-0.4, -0.2) is 68.6 Å². The van der Waals surface area contributed by atoms with E-state index in [1.165, 1.54) is 12.4 Å². The molecule has 4 rings (SSSR count). The molecule has 9 nitrogen and oxygen atoms in total. The van der Waals surface area contributed by atoms with E-state index in [4.69, 9.17) is 5.10 Å². The normalized spacial score (nSPS) is 17.0. The van der Waals surface area contributed by atoms with Gasteiger partial charge in [0.1, 0.15) is 5.82 Å². The average molecular weight is 366 g/mol. The Morgan fingerprint density at radius 2 is 2.15 bits per heavy atom. The van der Waals surface area contributed by atoms with E-state index in [9.17, 15) is 4.79 Å². The zero-order valence-corrected chi connectivity index (χ0v) is 15.6.